The molecule has 24 heavy (non-hydrogen) atoms. The van der Waals surface area contributed by atoms with Crippen molar-refractivity contribution in [3.8, 4) is 10.8 Å². The average molecular weight is 341 g/mol. The van der Waals surface area contributed by atoms with Crippen LogP contribution in [0.15, 0.2) is 30.6 Å². The maximum Gasteiger partial charge on any atom is 0.259 e. The van der Waals surface area contributed by atoms with Gasteiger partial charge in [-0.15, -0.1) is 16.4 Å². The van der Waals surface area contributed by atoms with Crippen molar-refractivity contribution in [1.29, 1.82) is 0 Å². The number of aromatic nitrogens is 4. The molecule has 0 fully saturated rings. The highest BCUT2D eigenvalue weighted by Gasteiger charge is 2.28. The Morgan fingerprint density at radius 1 is 1.33 bits per heavy atom. The minimum Gasteiger partial charge on any atom is -0.495 e. The second-order valence-corrected chi connectivity index (χ2v) is 6.53. The zero-order chi connectivity index (χ0) is 16.5. The summed E-state index contributed by atoms with van der Waals surface area (Å²) in [6, 6.07) is 7.36. The molecular formula is C16H15N5O2S. The molecule has 1 aliphatic rings. The van der Waals surface area contributed by atoms with E-state index in [1.165, 1.54) is 11.2 Å². The van der Waals surface area contributed by atoms with Crippen molar-refractivity contribution in [2.45, 2.75) is 19.3 Å². The van der Waals surface area contributed by atoms with Gasteiger partial charge in [-0.1, -0.05) is 12.1 Å². The number of tetrazole rings is 1. The maximum absolute atomic E-state index is 13.0. The predicted molar refractivity (Wildman–Crippen MR) is 90.0 cm³/mol. The Morgan fingerprint density at radius 2 is 2.21 bits per heavy atom. The number of aryl methyl sites for hydroxylation is 1. The molecule has 0 bridgehead atoms. The first kappa shape index (κ1) is 14.8. The van der Waals surface area contributed by atoms with Gasteiger partial charge in [0.15, 0.2) is 0 Å². The lowest BCUT2D eigenvalue weighted by molar-refractivity contribution is 0.102. The summed E-state index contributed by atoms with van der Waals surface area (Å²) in [5, 5.41) is 15.0. The van der Waals surface area contributed by atoms with E-state index in [2.05, 4.69) is 20.8 Å². The van der Waals surface area contributed by atoms with E-state index in [1.54, 1.807) is 23.1 Å². The standard InChI is InChI=1S/C16H15N5O2S/c1-23-12-7-3-2-6-11(12)18-15(22)14-10-5-4-8-13(10)24-16(14)21-9-17-19-20-21/h2-3,6-7,9H,4-5,8H2,1H3,(H,18,22). The fourth-order valence-electron chi connectivity index (χ4n) is 2.97. The summed E-state index contributed by atoms with van der Waals surface area (Å²) in [5.41, 5.74) is 2.41. The molecule has 3 aromatic rings. The van der Waals surface area contributed by atoms with Gasteiger partial charge in [0.25, 0.3) is 5.91 Å². The number of hydrogen-bond donors (Lipinski definition) is 1. The van der Waals surface area contributed by atoms with Gasteiger partial charge in [-0.05, 0) is 47.4 Å². The van der Waals surface area contributed by atoms with Gasteiger partial charge < -0.3 is 10.1 Å². The Bertz CT molecular complexity index is 888. The molecule has 1 aromatic carbocycles. The number of benzene rings is 1. The highest BCUT2D eigenvalue weighted by atomic mass is 32.1. The van der Waals surface area contributed by atoms with E-state index < -0.39 is 0 Å². The van der Waals surface area contributed by atoms with Crippen LogP contribution in [0.1, 0.15) is 27.2 Å². The molecule has 7 nitrogen and oxygen atoms in total. The lowest BCUT2D eigenvalue weighted by atomic mass is 10.1. The van der Waals surface area contributed by atoms with Crippen molar-refractivity contribution in [3.05, 3.63) is 46.6 Å². The molecular weight excluding hydrogens is 326 g/mol. The third-order valence-corrected chi connectivity index (χ3v) is 5.32. The van der Waals surface area contributed by atoms with Gasteiger partial charge in [0.2, 0.25) is 0 Å². The number of methoxy groups -OCH3 is 1. The van der Waals surface area contributed by atoms with Crippen LogP contribution in [0.4, 0.5) is 5.69 Å². The SMILES string of the molecule is COc1ccccc1NC(=O)c1c(-n2cnnn2)sc2c1CCC2. The lowest BCUT2D eigenvalue weighted by Gasteiger charge is -2.11. The number of amides is 1. The number of anilines is 1. The minimum absolute atomic E-state index is 0.163. The Kier molecular flexibility index (Phi) is 3.73. The number of carbonyl (C=O) groups excluding carboxylic acids is 1. The first-order chi connectivity index (χ1) is 11.8. The molecule has 2 heterocycles. The van der Waals surface area contributed by atoms with Gasteiger partial charge in [0, 0.05) is 4.88 Å². The molecule has 0 spiro atoms. The number of hydrogen-bond acceptors (Lipinski definition) is 6. The van der Waals surface area contributed by atoms with Gasteiger partial charge in [0.1, 0.15) is 17.1 Å². The van der Waals surface area contributed by atoms with E-state index >= 15 is 0 Å². The molecule has 0 saturated heterocycles. The molecule has 0 unspecified atom stereocenters. The number of para-hydroxylation sites is 2. The number of ether oxygens (including phenoxy) is 1. The second kappa shape index (κ2) is 6.04. The molecule has 1 aliphatic carbocycles. The second-order valence-electron chi connectivity index (χ2n) is 5.45. The summed E-state index contributed by atoms with van der Waals surface area (Å²) >= 11 is 1.58. The topological polar surface area (TPSA) is 81.9 Å². The summed E-state index contributed by atoms with van der Waals surface area (Å²) < 4.78 is 6.86. The van der Waals surface area contributed by atoms with E-state index in [4.69, 9.17) is 4.74 Å². The highest BCUT2D eigenvalue weighted by molar-refractivity contribution is 7.15. The molecule has 0 aliphatic heterocycles. The summed E-state index contributed by atoms with van der Waals surface area (Å²) in [5.74, 6) is 0.464. The predicted octanol–water partition coefficient (Wildman–Crippen LogP) is 2.47. The largest absolute Gasteiger partial charge is 0.495 e. The number of nitrogens with one attached hydrogen (secondary N) is 1. The van der Waals surface area contributed by atoms with Crippen LogP contribution >= 0.6 is 11.3 Å². The zero-order valence-electron chi connectivity index (χ0n) is 13.0. The zero-order valence-corrected chi connectivity index (χ0v) is 13.8. The number of carbonyl (C=O) groups is 1. The van der Waals surface area contributed by atoms with Crippen molar-refractivity contribution in [1.82, 2.24) is 20.2 Å². The molecule has 2 aromatic heterocycles. The first-order valence-corrected chi connectivity index (χ1v) is 8.42. The number of nitrogens with zero attached hydrogens (tertiary/aromatic N) is 4. The molecule has 1 N–H and O–H groups in total. The summed E-state index contributed by atoms with van der Waals surface area (Å²) in [4.78, 5) is 14.2. The van der Waals surface area contributed by atoms with E-state index in [0.717, 1.165) is 29.8 Å². The van der Waals surface area contributed by atoms with Gasteiger partial charge in [-0.25, -0.2) is 0 Å². The van der Waals surface area contributed by atoms with Crippen molar-refractivity contribution in [3.63, 3.8) is 0 Å². The van der Waals surface area contributed by atoms with Crippen molar-refractivity contribution in [2.75, 3.05) is 12.4 Å². The molecule has 4 rings (SSSR count). The fourth-order valence-corrected chi connectivity index (χ4v) is 4.27. The highest BCUT2D eigenvalue weighted by Crippen LogP contribution is 2.38. The Labute approximate surface area is 142 Å². The van der Waals surface area contributed by atoms with Crippen molar-refractivity contribution < 1.29 is 9.53 Å². The molecule has 122 valence electrons. The monoisotopic (exact) mass is 341 g/mol. The maximum atomic E-state index is 13.0. The smallest absolute Gasteiger partial charge is 0.259 e. The minimum atomic E-state index is -0.163. The van der Waals surface area contributed by atoms with Crippen LogP contribution in [0, 0.1) is 0 Å². The molecule has 0 saturated carbocycles. The summed E-state index contributed by atoms with van der Waals surface area (Å²) in [6.45, 7) is 0. The fraction of sp³-hybridized carbons (Fsp3) is 0.250. The third-order valence-electron chi connectivity index (χ3n) is 4.04. The van der Waals surface area contributed by atoms with E-state index in [1.807, 2.05) is 24.3 Å². The van der Waals surface area contributed by atoms with Crippen molar-refractivity contribution >= 4 is 22.9 Å². The number of rotatable bonds is 4. The van der Waals surface area contributed by atoms with Crippen LogP contribution in [0.5, 0.6) is 5.75 Å². The normalized spacial score (nSPS) is 12.9. The Morgan fingerprint density at radius 3 is 3.00 bits per heavy atom. The van der Waals surface area contributed by atoms with Gasteiger partial charge >= 0.3 is 0 Å². The van der Waals surface area contributed by atoms with Crippen LogP contribution < -0.4 is 10.1 Å². The van der Waals surface area contributed by atoms with Crippen LogP contribution in [0.2, 0.25) is 0 Å². The number of thiophene rings is 1. The average Bonchev–Trinajstić information content (AvgIpc) is 3.31. The first-order valence-electron chi connectivity index (χ1n) is 7.60. The van der Waals surface area contributed by atoms with E-state index in [9.17, 15) is 4.79 Å². The van der Waals surface area contributed by atoms with E-state index in [0.29, 0.717) is 17.0 Å². The summed E-state index contributed by atoms with van der Waals surface area (Å²) in [7, 11) is 1.58. The van der Waals surface area contributed by atoms with Crippen molar-refractivity contribution in [2.24, 2.45) is 0 Å². The molecule has 8 heteroatoms. The van der Waals surface area contributed by atoms with Crippen LogP contribution in [0.25, 0.3) is 5.00 Å². The van der Waals surface area contributed by atoms with Crippen LogP contribution in [-0.4, -0.2) is 33.2 Å². The van der Waals surface area contributed by atoms with Gasteiger partial charge in [-0.3, -0.25) is 4.79 Å². The van der Waals surface area contributed by atoms with Gasteiger partial charge in [-0.2, -0.15) is 4.68 Å². The van der Waals surface area contributed by atoms with Crippen LogP contribution in [-0.2, 0) is 12.8 Å². The molecule has 0 atom stereocenters. The van der Waals surface area contributed by atoms with Crippen LogP contribution in [0.3, 0.4) is 0 Å². The Hall–Kier alpha value is -2.74. The lowest BCUT2D eigenvalue weighted by Crippen LogP contribution is -2.16. The Balaban J connectivity index is 1.74. The molecule has 1 amide bonds. The summed E-state index contributed by atoms with van der Waals surface area (Å²) in [6.07, 6.45) is 4.49. The van der Waals surface area contributed by atoms with Gasteiger partial charge in [0.05, 0.1) is 18.4 Å². The number of fused-ring (bicyclic) bond motifs is 1. The quantitative estimate of drug-likeness (QED) is 0.788. The molecule has 0 radical (unpaired) electrons. The third kappa shape index (κ3) is 2.44. The van der Waals surface area contributed by atoms with E-state index in [-0.39, 0.29) is 5.91 Å².